The number of para-hydroxylation sites is 1. The van der Waals surface area contributed by atoms with Crippen LogP contribution in [0.3, 0.4) is 0 Å². The predicted octanol–water partition coefficient (Wildman–Crippen LogP) is 2.61. The first kappa shape index (κ1) is 17.3. The average Bonchev–Trinajstić information content (AvgIpc) is 3.33. The Morgan fingerprint density at radius 3 is 2.45 bits per heavy atom. The smallest absolute Gasteiger partial charge is 0.151 e. The normalized spacial score (nSPS) is 19.0. The van der Waals surface area contributed by atoms with Crippen LogP contribution in [0.15, 0.2) is 30.3 Å². The summed E-state index contributed by atoms with van der Waals surface area (Å²) in [6.45, 7) is 7.36. The van der Waals surface area contributed by atoms with Crippen LogP contribution < -0.4 is 10.1 Å². The van der Waals surface area contributed by atoms with Gasteiger partial charge in [0.05, 0.1) is 6.10 Å². The lowest BCUT2D eigenvalue weighted by Gasteiger charge is -2.30. The fraction of sp³-hybridized carbons (Fsp3) is 0.667. The number of hydrogen-bond acceptors (Lipinski definition) is 4. The third-order valence-corrected chi connectivity index (χ3v) is 3.88. The lowest BCUT2D eigenvalue weighted by molar-refractivity contribution is -0.0711. The van der Waals surface area contributed by atoms with E-state index >= 15 is 0 Å². The zero-order chi connectivity index (χ0) is 15.9. The molecule has 124 valence electrons. The van der Waals surface area contributed by atoms with Gasteiger partial charge in [0, 0.05) is 19.2 Å². The molecule has 0 heterocycles. The van der Waals surface area contributed by atoms with Gasteiger partial charge in [-0.2, -0.15) is 0 Å². The molecule has 3 unspecified atom stereocenters. The van der Waals surface area contributed by atoms with Crippen molar-refractivity contribution in [2.24, 2.45) is 5.92 Å². The number of ether oxygens (including phenoxy) is 2. The summed E-state index contributed by atoms with van der Waals surface area (Å²) in [6, 6.07) is 9.95. The first-order valence-corrected chi connectivity index (χ1v) is 8.31. The lowest BCUT2D eigenvalue weighted by atomic mass is 10.1. The van der Waals surface area contributed by atoms with Gasteiger partial charge in [-0.1, -0.05) is 32.0 Å². The summed E-state index contributed by atoms with van der Waals surface area (Å²) in [7, 11) is 0. The molecule has 1 saturated carbocycles. The minimum atomic E-state index is -0.614. The van der Waals surface area contributed by atoms with Crippen LogP contribution in [0.25, 0.3) is 0 Å². The van der Waals surface area contributed by atoms with Gasteiger partial charge in [0.2, 0.25) is 0 Å². The highest BCUT2D eigenvalue weighted by Crippen LogP contribution is 2.29. The van der Waals surface area contributed by atoms with Crippen LogP contribution in [-0.4, -0.2) is 42.6 Å². The fourth-order valence-corrected chi connectivity index (χ4v) is 2.28. The van der Waals surface area contributed by atoms with Crippen molar-refractivity contribution in [3.05, 3.63) is 30.3 Å². The van der Waals surface area contributed by atoms with Gasteiger partial charge in [-0.3, -0.25) is 0 Å². The van der Waals surface area contributed by atoms with Crippen molar-refractivity contribution in [2.45, 2.75) is 58.0 Å². The molecule has 1 aliphatic carbocycles. The van der Waals surface area contributed by atoms with Crippen molar-refractivity contribution in [3.8, 4) is 5.75 Å². The Kier molecular flexibility index (Phi) is 6.68. The average molecular weight is 307 g/mol. The summed E-state index contributed by atoms with van der Waals surface area (Å²) in [5.41, 5.74) is 0. The van der Waals surface area contributed by atoms with Crippen molar-refractivity contribution in [3.63, 3.8) is 0 Å². The van der Waals surface area contributed by atoms with Gasteiger partial charge in [-0.25, -0.2) is 0 Å². The van der Waals surface area contributed by atoms with E-state index in [0.717, 1.165) is 12.4 Å². The van der Waals surface area contributed by atoms with E-state index in [-0.39, 0.29) is 12.2 Å². The second-order valence-electron chi connectivity index (χ2n) is 6.51. The molecule has 1 aromatic rings. The molecule has 0 radical (unpaired) electrons. The minimum Gasteiger partial charge on any atom is -0.485 e. The Balaban J connectivity index is 1.94. The quantitative estimate of drug-likeness (QED) is 0.697. The van der Waals surface area contributed by atoms with E-state index in [2.05, 4.69) is 19.2 Å². The highest BCUT2D eigenvalue weighted by Gasteiger charge is 2.30. The van der Waals surface area contributed by atoms with Crippen molar-refractivity contribution < 1.29 is 14.6 Å². The number of hydrogen-bond donors (Lipinski definition) is 2. The molecule has 0 aromatic heterocycles. The van der Waals surface area contributed by atoms with E-state index in [1.807, 2.05) is 37.3 Å². The van der Waals surface area contributed by atoms with E-state index in [4.69, 9.17) is 9.47 Å². The van der Waals surface area contributed by atoms with Crippen molar-refractivity contribution in [1.82, 2.24) is 5.32 Å². The van der Waals surface area contributed by atoms with E-state index in [1.165, 1.54) is 12.8 Å². The number of rotatable bonds is 10. The standard InChI is InChI=1S/C18H29NO3/c1-13(2)19-11-17(20)18(14(3)21-12-15-9-10-15)22-16-7-5-4-6-8-16/h4-8,13-15,17-20H,9-12H2,1-3H3. The van der Waals surface area contributed by atoms with Gasteiger partial charge in [-0.05, 0) is 37.8 Å². The van der Waals surface area contributed by atoms with Crippen molar-refractivity contribution >= 4 is 0 Å². The minimum absolute atomic E-state index is 0.148. The summed E-state index contributed by atoms with van der Waals surface area (Å²) >= 11 is 0. The maximum absolute atomic E-state index is 10.5. The Hall–Kier alpha value is -1.10. The van der Waals surface area contributed by atoms with Crippen LogP contribution in [0.2, 0.25) is 0 Å². The summed E-state index contributed by atoms with van der Waals surface area (Å²) in [5.74, 6) is 1.46. The number of aliphatic hydroxyl groups is 1. The monoisotopic (exact) mass is 307 g/mol. The first-order valence-electron chi connectivity index (χ1n) is 8.31. The Morgan fingerprint density at radius 2 is 1.86 bits per heavy atom. The molecule has 4 heteroatoms. The van der Waals surface area contributed by atoms with Gasteiger partial charge in [0.25, 0.3) is 0 Å². The lowest BCUT2D eigenvalue weighted by Crippen LogP contribution is -2.48. The molecule has 0 amide bonds. The molecular formula is C18H29NO3. The van der Waals surface area contributed by atoms with Crippen LogP contribution in [0, 0.1) is 5.92 Å². The largest absolute Gasteiger partial charge is 0.485 e. The zero-order valence-corrected chi connectivity index (χ0v) is 13.9. The third-order valence-electron chi connectivity index (χ3n) is 3.88. The molecular weight excluding hydrogens is 278 g/mol. The van der Waals surface area contributed by atoms with Gasteiger partial charge < -0.3 is 19.9 Å². The van der Waals surface area contributed by atoms with Gasteiger partial charge >= 0.3 is 0 Å². The van der Waals surface area contributed by atoms with E-state index in [0.29, 0.717) is 18.5 Å². The summed E-state index contributed by atoms with van der Waals surface area (Å²) in [5, 5.41) is 13.8. The Morgan fingerprint density at radius 1 is 1.18 bits per heavy atom. The number of nitrogens with one attached hydrogen (secondary N) is 1. The Labute approximate surface area is 133 Å². The van der Waals surface area contributed by atoms with Crippen molar-refractivity contribution in [1.29, 1.82) is 0 Å². The third kappa shape index (κ3) is 5.95. The summed E-state index contributed by atoms with van der Waals surface area (Å²) in [6.07, 6.45) is 1.37. The fourth-order valence-electron chi connectivity index (χ4n) is 2.28. The van der Waals surface area contributed by atoms with Gasteiger partial charge in [0.15, 0.2) is 6.10 Å². The van der Waals surface area contributed by atoms with Crippen LogP contribution >= 0.6 is 0 Å². The van der Waals surface area contributed by atoms with Crippen LogP contribution in [0.5, 0.6) is 5.75 Å². The van der Waals surface area contributed by atoms with E-state index < -0.39 is 6.10 Å². The van der Waals surface area contributed by atoms with Gasteiger partial charge in [0.1, 0.15) is 11.9 Å². The number of benzene rings is 1. The zero-order valence-electron chi connectivity index (χ0n) is 13.9. The number of aliphatic hydroxyl groups excluding tert-OH is 1. The molecule has 3 atom stereocenters. The molecule has 0 spiro atoms. The van der Waals surface area contributed by atoms with E-state index in [1.54, 1.807) is 0 Å². The predicted molar refractivity (Wildman–Crippen MR) is 88.1 cm³/mol. The summed E-state index contributed by atoms with van der Waals surface area (Å²) < 4.78 is 11.9. The second kappa shape index (κ2) is 8.51. The van der Waals surface area contributed by atoms with Crippen LogP contribution in [0.1, 0.15) is 33.6 Å². The molecule has 1 aromatic carbocycles. The van der Waals surface area contributed by atoms with Crippen LogP contribution in [0.4, 0.5) is 0 Å². The summed E-state index contributed by atoms with van der Waals surface area (Å²) in [4.78, 5) is 0. The maximum atomic E-state index is 10.5. The van der Waals surface area contributed by atoms with Crippen molar-refractivity contribution in [2.75, 3.05) is 13.2 Å². The molecule has 0 saturated heterocycles. The molecule has 2 rings (SSSR count). The first-order chi connectivity index (χ1) is 10.6. The molecule has 22 heavy (non-hydrogen) atoms. The molecule has 1 aliphatic rings. The molecule has 2 N–H and O–H groups in total. The van der Waals surface area contributed by atoms with Crippen LogP contribution in [-0.2, 0) is 4.74 Å². The molecule has 0 aliphatic heterocycles. The Bertz CT molecular complexity index is 408. The highest BCUT2D eigenvalue weighted by molar-refractivity contribution is 5.21. The highest BCUT2D eigenvalue weighted by atomic mass is 16.5. The second-order valence-corrected chi connectivity index (χ2v) is 6.51. The molecule has 1 fully saturated rings. The topological polar surface area (TPSA) is 50.7 Å². The SMILES string of the molecule is CC(C)NCC(O)C(Oc1ccccc1)C(C)OCC1CC1. The van der Waals surface area contributed by atoms with E-state index in [9.17, 15) is 5.11 Å². The maximum Gasteiger partial charge on any atom is 0.151 e. The molecule has 4 nitrogen and oxygen atoms in total. The van der Waals surface area contributed by atoms with Gasteiger partial charge in [-0.15, -0.1) is 0 Å². The molecule has 0 bridgehead atoms.